The molecule has 0 bridgehead atoms. The van der Waals surface area contributed by atoms with Crippen LogP contribution in [0.1, 0.15) is 79.9 Å². The zero-order valence-corrected chi connectivity index (χ0v) is 23.4. The minimum Gasteiger partial charge on any atom is -0.496 e. The standard InChI is InChI=1S/C31H39N5O4/c1-39-27-13-6-14-28(40-2)30(27)26-19-25(35-36(26)24-11-3-4-12-24)31(38)34-23(16-15-21-8-7-17-32-20-21)18-29(37)33-22-9-5-10-22/h6-8,13-14,17,19-20,22-24H,3-5,9-12,15-16,18H2,1-2H3,(H,33,37)(H,34,38). The lowest BCUT2D eigenvalue weighted by Gasteiger charge is -2.27. The fourth-order valence-electron chi connectivity index (χ4n) is 5.66. The molecule has 2 N–H and O–H groups in total. The zero-order valence-electron chi connectivity index (χ0n) is 23.4. The third kappa shape index (κ3) is 6.46. The number of pyridine rings is 1. The molecule has 1 aromatic carbocycles. The van der Waals surface area contributed by atoms with Gasteiger partial charge in [0.1, 0.15) is 11.5 Å². The van der Waals surface area contributed by atoms with Crippen LogP contribution in [0.2, 0.25) is 0 Å². The van der Waals surface area contributed by atoms with E-state index < -0.39 is 0 Å². The van der Waals surface area contributed by atoms with Gasteiger partial charge in [-0.2, -0.15) is 5.10 Å². The van der Waals surface area contributed by atoms with Crippen molar-refractivity contribution in [3.63, 3.8) is 0 Å². The molecule has 212 valence electrons. The molecule has 2 amide bonds. The molecule has 0 aliphatic heterocycles. The number of aryl methyl sites for hydroxylation is 1. The van der Waals surface area contributed by atoms with Crippen molar-refractivity contribution in [2.75, 3.05) is 14.2 Å². The van der Waals surface area contributed by atoms with Gasteiger partial charge in [-0.25, -0.2) is 0 Å². The van der Waals surface area contributed by atoms with Crippen LogP contribution in [-0.4, -0.2) is 52.9 Å². The van der Waals surface area contributed by atoms with Crippen molar-refractivity contribution < 1.29 is 19.1 Å². The molecular weight excluding hydrogens is 506 g/mol. The molecule has 0 spiro atoms. The summed E-state index contributed by atoms with van der Waals surface area (Å²) in [6, 6.07) is 11.5. The number of carbonyl (C=O) groups excluding carboxylic acids is 2. The normalized spacial score (nSPS) is 16.2. The smallest absolute Gasteiger partial charge is 0.272 e. The highest BCUT2D eigenvalue weighted by atomic mass is 16.5. The number of methoxy groups -OCH3 is 2. The second-order valence-corrected chi connectivity index (χ2v) is 10.8. The molecule has 5 rings (SSSR count). The summed E-state index contributed by atoms with van der Waals surface area (Å²) in [6.45, 7) is 0. The molecule has 2 aliphatic carbocycles. The highest BCUT2D eigenvalue weighted by Crippen LogP contribution is 2.41. The summed E-state index contributed by atoms with van der Waals surface area (Å²) >= 11 is 0. The largest absolute Gasteiger partial charge is 0.496 e. The lowest BCUT2D eigenvalue weighted by molar-refractivity contribution is -0.122. The molecule has 2 fully saturated rings. The van der Waals surface area contributed by atoms with Crippen molar-refractivity contribution in [2.45, 2.75) is 82.3 Å². The highest BCUT2D eigenvalue weighted by molar-refractivity contribution is 5.94. The summed E-state index contributed by atoms with van der Waals surface area (Å²) in [6.07, 6.45) is 12.5. The molecule has 0 radical (unpaired) electrons. The van der Waals surface area contributed by atoms with Gasteiger partial charge < -0.3 is 20.1 Å². The van der Waals surface area contributed by atoms with Gasteiger partial charge in [-0.15, -0.1) is 0 Å². The Kier molecular flexibility index (Phi) is 8.98. The molecule has 2 heterocycles. The number of ether oxygens (including phenoxy) is 2. The number of hydrogen-bond donors (Lipinski definition) is 2. The first-order valence-corrected chi connectivity index (χ1v) is 14.4. The van der Waals surface area contributed by atoms with Gasteiger partial charge in [0, 0.05) is 30.9 Å². The summed E-state index contributed by atoms with van der Waals surface area (Å²) < 4.78 is 13.3. The molecule has 40 heavy (non-hydrogen) atoms. The Balaban J connectivity index is 1.40. The number of rotatable bonds is 12. The van der Waals surface area contributed by atoms with E-state index in [-0.39, 0.29) is 36.4 Å². The summed E-state index contributed by atoms with van der Waals surface area (Å²) in [4.78, 5) is 30.7. The van der Waals surface area contributed by atoms with Crippen LogP contribution in [0, 0.1) is 0 Å². The molecular formula is C31H39N5O4. The van der Waals surface area contributed by atoms with E-state index >= 15 is 0 Å². The first-order chi connectivity index (χ1) is 19.6. The fourth-order valence-corrected chi connectivity index (χ4v) is 5.66. The Morgan fingerprint density at radius 2 is 1.77 bits per heavy atom. The molecule has 9 nitrogen and oxygen atoms in total. The van der Waals surface area contributed by atoms with Crippen LogP contribution in [0.25, 0.3) is 11.3 Å². The van der Waals surface area contributed by atoms with Crippen LogP contribution in [0.4, 0.5) is 0 Å². The monoisotopic (exact) mass is 545 g/mol. The Labute approximate surface area is 235 Å². The van der Waals surface area contributed by atoms with Crippen molar-refractivity contribution in [2.24, 2.45) is 0 Å². The zero-order chi connectivity index (χ0) is 27.9. The maximum Gasteiger partial charge on any atom is 0.272 e. The second kappa shape index (κ2) is 13.0. The molecule has 3 aromatic rings. The van der Waals surface area contributed by atoms with Gasteiger partial charge in [-0.1, -0.05) is 25.0 Å². The SMILES string of the molecule is COc1cccc(OC)c1-c1cc(C(=O)NC(CCc2cccnc2)CC(=O)NC2CCC2)nn1C1CCCC1. The number of nitrogens with one attached hydrogen (secondary N) is 2. The lowest BCUT2D eigenvalue weighted by atomic mass is 9.93. The fraction of sp³-hybridized carbons (Fsp3) is 0.484. The van der Waals surface area contributed by atoms with Gasteiger partial charge in [-0.05, 0) is 74.8 Å². The molecule has 0 saturated heterocycles. The van der Waals surface area contributed by atoms with E-state index in [0.717, 1.165) is 61.8 Å². The van der Waals surface area contributed by atoms with Gasteiger partial charge in [0.25, 0.3) is 5.91 Å². The molecule has 9 heteroatoms. The van der Waals surface area contributed by atoms with E-state index in [4.69, 9.17) is 14.6 Å². The summed E-state index contributed by atoms with van der Waals surface area (Å²) in [5, 5.41) is 11.1. The minimum atomic E-state index is -0.339. The number of benzene rings is 1. The minimum absolute atomic E-state index is 0.0304. The number of nitrogens with zero attached hydrogens (tertiary/aromatic N) is 3. The topological polar surface area (TPSA) is 107 Å². The van der Waals surface area contributed by atoms with Crippen molar-refractivity contribution in [1.82, 2.24) is 25.4 Å². The molecule has 2 saturated carbocycles. The van der Waals surface area contributed by atoms with Gasteiger partial charge in [0.2, 0.25) is 5.91 Å². The van der Waals surface area contributed by atoms with Gasteiger partial charge in [0.15, 0.2) is 5.69 Å². The Hall–Kier alpha value is -3.88. The van der Waals surface area contributed by atoms with E-state index in [1.807, 2.05) is 47.3 Å². The molecule has 2 aromatic heterocycles. The second-order valence-electron chi connectivity index (χ2n) is 10.8. The van der Waals surface area contributed by atoms with Crippen molar-refractivity contribution in [3.8, 4) is 22.8 Å². The van der Waals surface area contributed by atoms with E-state index in [2.05, 4.69) is 15.6 Å². The van der Waals surface area contributed by atoms with E-state index in [1.165, 1.54) is 0 Å². The maximum atomic E-state index is 13.7. The van der Waals surface area contributed by atoms with Gasteiger partial charge >= 0.3 is 0 Å². The first kappa shape index (κ1) is 27.7. The van der Waals surface area contributed by atoms with Crippen molar-refractivity contribution in [3.05, 3.63) is 60.0 Å². The quantitative estimate of drug-likeness (QED) is 0.336. The van der Waals surface area contributed by atoms with Crippen LogP contribution in [0.5, 0.6) is 11.5 Å². The number of aromatic nitrogens is 3. The van der Waals surface area contributed by atoms with Crippen LogP contribution in [0.15, 0.2) is 48.8 Å². The Morgan fingerprint density at radius 1 is 1.02 bits per heavy atom. The predicted octanol–water partition coefficient (Wildman–Crippen LogP) is 4.87. The average molecular weight is 546 g/mol. The van der Waals surface area contributed by atoms with Crippen molar-refractivity contribution in [1.29, 1.82) is 0 Å². The summed E-state index contributed by atoms with van der Waals surface area (Å²) in [5.74, 6) is 0.997. The maximum absolute atomic E-state index is 13.7. The van der Waals surface area contributed by atoms with Gasteiger partial charge in [-0.3, -0.25) is 19.3 Å². The van der Waals surface area contributed by atoms with Crippen molar-refractivity contribution >= 4 is 11.8 Å². The number of amides is 2. The Bertz CT molecular complexity index is 1280. The predicted molar refractivity (Wildman–Crippen MR) is 152 cm³/mol. The van der Waals surface area contributed by atoms with Crippen LogP contribution < -0.4 is 20.1 Å². The highest BCUT2D eigenvalue weighted by Gasteiger charge is 2.28. The Morgan fingerprint density at radius 3 is 2.40 bits per heavy atom. The molecule has 2 aliphatic rings. The van der Waals surface area contributed by atoms with Crippen LogP contribution in [0.3, 0.4) is 0 Å². The van der Waals surface area contributed by atoms with Crippen LogP contribution >= 0.6 is 0 Å². The number of carbonyl (C=O) groups is 2. The average Bonchev–Trinajstić information content (AvgIpc) is 3.64. The number of hydrogen-bond acceptors (Lipinski definition) is 6. The molecule has 1 atom stereocenters. The lowest BCUT2D eigenvalue weighted by Crippen LogP contribution is -2.44. The third-order valence-corrected chi connectivity index (χ3v) is 8.06. The first-order valence-electron chi connectivity index (χ1n) is 14.4. The third-order valence-electron chi connectivity index (χ3n) is 8.06. The van der Waals surface area contributed by atoms with E-state index in [1.54, 1.807) is 20.4 Å². The van der Waals surface area contributed by atoms with E-state index in [9.17, 15) is 9.59 Å². The van der Waals surface area contributed by atoms with Crippen LogP contribution in [-0.2, 0) is 11.2 Å². The molecule has 1 unspecified atom stereocenters. The van der Waals surface area contributed by atoms with E-state index in [0.29, 0.717) is 30.0 Å². The summed E-state index contributed by atoms with van der Waals surface area (Å²) in [5.41, 5.74) is 2.96. The summed E-state index contributed by atoms with van der Waals surface area (Å²) in [7, 11) is 3.26. The van der Waals surface area contributed by atoms with Gasteiger partial charge in [0.05, 0.1) is 31.5 Å².